The Bertz CT molecular complexity index is 288. The molecule has 0 radical (unpaired) electrons. The Morgan fingerprint density at radius 1 is 1.54 bits per heavy atom. The van der Waals surface area contributed by atoms with Crippen molar-refractivity contribution >= 4 is 34.2 Å². The van der Waals surface area contributed by atoms with E-state index < -0.39 is 0 Å². The molecule has 13 heavy (non-hydrogen) atoms. The molecule has 1 aromatic rings. The Kier molecular flexibility index (Phi) is 4.49. The van der Waals surface area contributed by atoms with Gasteiger partial charge in [0.05, 0.1) is 11.1 Å². The van der Waals surface area contributed by atoms with Crippen molar-refractivity contribution in [2.75, 3.05) is 0 Å². The topological polar surface area (TPSA) is 20.2 Å². The lowest BCUT2D eigenvalue weighted by Crippen LogP contribution is -1.96. The van der Waals surface area contributed by atoms with E-state index in [-0.39, 0.29) is 6.10 Å². The zero-order valence-corrected chi connectivity index (χ0v) is 10.3. The molecular weight excluding hydrogens is 298 g/mol. The number of hydrogen-bond acceptors (Lipinski definition) is 1. The highest BCUT2D eigenvalue weighted by molar-refractivity contribution is 14.1. The van der Waals surface area contributed by atoms with Crippen molar-refractivity contribution in [3.8, 4) is 0 Å². The van der Waals surface area contributed by atoms with E-state index in [0.29, 0.717) is 5.02 Å². The van der Waals surface area contributed by atoms with Gasteiger partial charge in [0.15, 0.2) is 0 Å². The quantitative estimate of drug-likeness (QED) is 0.843. The van der Waals surface area contributed by atoms with Gasteiger partial charge in [-0.2, -0.15) is 0 Å². The first-order valence-electron chi connectivity index (χ1n) is 4.28. The molecule has 72 valence electrons. The average Bonchev–Trinajstić information content (AvgIpc) is 2.10. The summed E-state index contributed by atoms with van der Waals surface area (Å²) in [5.41, 5.74) is 0.910. The summed E-state index contributed by atoms with van der Waals surface area (Å²) in [6.07, 6.45) is 1.39. The molecule has 0 bridgehead atoms. The third kappa shape index (κ3) is 3.11. The molecule has 1 atom stereocenters. The lowest BCUT2D eigenvalue weighted by atomic mass is 10.1. The molecule has 0 saturated heterocycles. The predicted octanol–water partition coefficient (Wildman–Crippen LogP) is 3.78. The lowest BCUT2D eigenvalue weighted by Gasteiger charge is -2.10. The number of hydrogen-bond donors (Lipinski definition) is 1. The third-order valence-corrected chi connectivity index (χ3v) is 3.46. The highest BCUT2D eigenvalue weighted by Crippen LogP contribution is 2.25. The van der Waals surface area contributed by atoms with Gasteiger partial charge in [-0.1, -0.05) is 31.0 Å². The van der Waals surface area contributed by atoms with Crippen LogP contribution in [0.25, 0.3) is 0 Å². The minimum absolute atomic E-state index is 0.375. The van der Waals surface area contributed by atoms with Crippen LogP contribution in [0.2, 0.25) is 5.02 Å². The molecule has 0 spiro atoms. The molecular formula is C10H12ClIO. The van der Waals surface area contributed by atoms with E-state index in [4.69, 9.17) is 11.6 Å². The Hall–Kier alpha value is 0.200. The predicted molar refractivity (Wildman–Crippen MR) is 64.0 cm³/mol. The Labute approximate surface area is 97.3 Å². The van der Waals surface area contributed by atoms with Gasteiger partial charge in [-0.3, -0.25) is 0 Å². The van der Waals surface area contributed by atoms with Gasteiger partial charge < -0.3 is 5.11 Å². The monoisotopic (exact) mass is 310 g/mol. The minimum atomic E-state index is -0.375. The van der Waals surface area contributed by atoms with Gasteiger partial charge in [-0.15, -0.1) is 0 Å². The molecule has 0 aromatic heterocycles. The van der Waals surface area contributed by atoms with E-state index in [9.17, 15) is 5.11 Å². The van der Waals surface area contributed by atoms with Crippen LogP contribution in [0, 0.1) is 3.57 Å². The maximum absolute atomic E-state index is 9.67. The summed E-state index contributed by atoms with van der Waals surface area (Å²) in [7, 11) is 0. The number of rotatable bonds is 3. The van der Waals surface area contributed by atoms with Crippen molar-refractivity contribution in [2.24, 2.45) is 0 Å². The van der Waals surface area contributed by atoms with Crippen LogP contribution in [-0.2, 0) is 0 Å². The Morgan fingerprint density at radius 3 is 2.77 bits per heavy atom. The van der Waals surface area contributed by atoms with Gasteiger partial charge >= 0.3 is 0 Å². The normalized spacial score (nSPS) is 12.9. The highest BCUT2D eigenvalue weighted by atomic mass is 127. The summed E-state index contributed by atoms with van der Waals surface area (Å²) in [4.78, 5) is 0. The zero-order chi connectivity index (χ0) is 9.84. The summed E-state index contributed by atoms with van der Waals surface area (Å²) >= 11 is 8.11. The highest BCUT2D eigenvalue weighted by Gasteiger charge is 2.07. The van der Waals surface area contributed by atoms with Crippen LogP contribution in [0.4, 0.5) is 0 Å². The van der Waals surface area contributed by atoms with Crippen LogP contribution >= 0.6 is 34.2 Å². The standard InChI is InChI=1S/C10H12ClIO/c1-2-3-10(13)7-4-5-9(12)8(11)6-7/h4-6,10,13H,2-3H2,1H3. The van der Waals surface area contributed by atoms with Gasteiger partial charge in [-0.25, -0.2) is 0 Å². The first kappa shape index (κ1) is 11.3. The molecule has 1 rings (SSSR count). The van der Waals surface area contributed by atoms with Crippen molar-refractivity contribution in [1.82, 2.24) is 0 Å². The van der Waals surface area contributed by atoms with Gasteiger partial charge in [0, 0.05) is 3.57 Å². The largest absolute Gasteiger partial charge is 0.388 e. The molecule has 1 N–H and O–H groups in total. The second-order valence-electron chi connectivity index (χ2n) is 2.98. The third-order valence-electron chi connectivity index (χ3n) is 1.89. The second-order valence-corrected chi connectivity index (χ2v) is 4.55. The molecule has 1 aromatic carbocycles. The van der Waals surface area contributed by atoms with Crippen molar-refractivity contribution in [1.29, 1.82) is 0 Å². The van der Waals surface area contributed by atoms with Gasteiger partial charge in [-0.05, 0) is 46.7 Å². The van der Waals surface area contributed by atoms with Gasteiger partial charge in [0.2, 0.25) is 0 Å². The molecule has 0 amide bonds. The molecule has 1 nitrogen and oxygen atoms in total. The molecule has 1 unspecified atom stereocenters. The number of benzene rings is 1. The first-order chi connectivity index (χ1) is 6.15. The van der Waals surface area contributed by atoms with Gasteiger partial charge in [0.25, 0.3) is 0 Å². The van der Waals surface area contributed by atoms with Crippen LogP contribution in [0.5, 0.6) is 0 Å². The summed E-state index contributed by atoms with van der Waals surface area (Å²) < 4.78 is 1.02. The molecule has 0 aliphatic carbocycles. The summed E-state index contributed by atoms with van der Waals surface area (Å²) in [6.45, 7) is 2.05. The van der Waals surface area contributed by atoms with Crippen molar-refractivity contribution < 1.29 is 5.11 Å². The van der Waals surface area contributed by atoms with E-state index >= 15 is 0 Å². The number of aliphatic hydroxyl groups excluding tert-OH is 1. The molecule has 0 aliphatic heterocycles. The van der Waals surface area contributed by atoms with Crippen LogP contribution in [-0.4, -0.2) is 5.11 Å². The van der Waals surface area contributed by atoms with Crippen molar-refractivity contribution in [2.45, 2.75) is 25.9 Å². The maximum Gasteiger partial charge on any atom is 0.0790 e. The van der Waals surface area contributed by atoms with E-state index in [1.807, 2.05) is 18.2 Å². The van der Waals surface area contributed by atoms with E-state index in [2.05, 4.69) is 29.5 Å². The number of halogens is 2. The van der Waals surface area contributed by atoms with Crippen LogP contribution in [0.1, 0.15) is 31.4 Å². The smallest absolute Gasteiger partial charge is 0.0790 e. The van der Waals surface area contributed by atoms with Crippen molar-refractivity contribution in [3.63, 3.8) is 0 Å². The van der Waals surface area contributed by atoms with E-state index in [1.54, 1.807) is 0 Å². The van der Waals surface area contributed by atoms with Crippen molar-refractivity contribution in [3.05, 3.63) is 32.4 Å². The molecule has 3 heteroatoms. The molecule has 0 saturated carbocycles. The fourth-order valence-electron chi connectivity index (χ4n) is 1.16. The van der Waals surface area contributed by atoms with Crippen LogP contribution < -0.4 is 0 Å². The van der Waals surface area contributed by atoms with Gasteiger partial charge in [0.1, 0.15) is 0 Å². The SMILES string of the molecule is CCCC(O)c1ccc(I)c(Cl)c1. The zero-order valence-electron chi connectivity index (χ0n) is 7.43. The summed E-state index contributed by atoms with van der Waals surface area (Å²) in [6, 6.07) is 5.69. The van der Waals surface area contributed by atoms with E-state index in [1.165, 1.54) is 0 Å². The fraction of sp³-hybridized carbons (Fsp3) is 0.400. The average molecular weight is 311 g/mol. The Morgan fingerprint density at radius 2 is 2.23 bits per heavy atom. The first-order valence-corrected chi connectivity index (χ1v) is 5.73. The van der Waals surface area contributed by atoms with Crippen LogP contribution in [0.15, 0.2) is 18.2 Å². The molecule has 0 fully saturated rings. The molecule has 0 heterocycles. The lowest BCUT2D eigenvalue weighted by molar-refractivity contribution is 0.166. The summed E-state index contributed by atoms with van der Waals surface area (Å²) in [5.74, 6) is 0. The van der Waals surface area contributed by atoms with Crippen LogP contribution in [0.3, 0.4) is 0 Å². The maximum atomic E-state index is 9.67. The second kappa shape index (κ2) is 5.17. The summed E-state index contributed by atoms with van der Waals surface area (Å²) in [5, 5.41) is 10.4. The fourth-order valence-corrected chi connectivity index (χ4v) is 1.68. The number of aliphatic hydroxyl groups is 1. The Balaban J connectivity index is 2.84. The minimum Gasteiger partial charge on any atom is -0.388 e. The van der Waals surface area contributed by atoms with E-state index in [0.717, 1.165) is 22.0 Å². The molecule has 0 aliphatic rings.